The van der Waals surface area contributed by atoms with Gasteiger partial charge in [-0.3, -0.25) is 0 Å². The van der Waals surface area contributed by atoms with Gasteiger partial charge >= 0.3 is 0 Å². The van der Waals surface area contributed by atoms with Crippen LogP contribution in [0.5, 0.6) is 5.75 Å². The molecule has 114 valence electrons. The Morgan fingerprint density at radius 1 is 1.24 bits per heavy atom. The molecule has 2 aromatic carbocycles. The summed E-state index contributed by atoms with van der Waals surface area (Å²) in [5.74, 6) is 0.390. The molecule has 0 spiro atoms. The molecule has 0 unspecified atom stereocenters. The molecule has 2 rings (SSSR count). The maximum Gasteiger partial charge on any atom is 0.132 e. The van der Waals surface area contributed by atoms with Crippen molar-refractivity contribution in [3.05, 3.63) is 47.8 Å². The van der Waals surface area contributed by atoms with Crippen LogP contribution in [0.15, 0.2) is 41.3 Å². The average Bonchev–Trinajstić information content (AvgIpc) is 2.48. The molecule has 0 saturated carbocycles. The molecule has 0 amide bonds. The van der Waals surface area contributed by atoms with E-state index in [1.54, 1.807) is 19.2 Å². The van der Waals surface area contributed by atoms with Crippen molar-refractivity contribution in [2.45, 2.75) is 25.2 Å². The van der Waals surface area contributed by atoms with Crippen LogP contribution in [0.2, 0.25) is 0 Å². The van der Waals surface area contributed by atoms with Crippen molar-refractivity contribution in [3.63, 3.8) is 0 Å². The van der Waals surface area contributed by atoms with E-state index in [2.05, 4.69) is 19.6 Å². The van der Waals surface area contributed by atoms with Crippen LogP contribution in [0.4, 0.5) is 4.39 Å². The Hall–Kier alpha value is -1.52. The predicted octanol–water partition coefficient (Wildman–Crippen LogP) is 4.45. The van der Waals surface area contributed by atoms with E-state index in [0.717, 1.165) is 24.1 Å². The van der Waals surface area contributed by atoms with Crippen molar-refractivity contribution in [1.29, 1.82) is 0 Å². The van der Waals surface area contributed by atoms with Crippen LogP contribution < -0.4 is 10.5 Å². The van der Waals surface area contributed by atoms with Crippen molar-refractivity contribution in [2.24, 2.45) is 5.73 Å². The van der Waals surface area contributed by atoms with Gasteiger partial charge in [-0.2, -0.15) is 0 Å². The van der Waals surface area contributed by atoms with E-state index in [1.807, 2.05) is 25.1 Å². The van der Waals surface area contributed by atoms with Gasteiger partial charge in [-0.15, -0.1) is 12.6 Å². The van der Waals surface area contributed by atoms with Gasteiger partial charge in [0.1, 0.15) is 11.6 Å². The molecule has 0 aromatic heterocycles. The standard InChI is InChI=1S/C14H13FOS.C3H9N/c1-9-4-3-5-13(16-2)14(9)11-7-6-10(17)8-12(11)15;1-2-3-4/h3-8,17H,1-2H3;2-4H2,1H3. The molecule has 0 bridgehead atoms. The highest BCUT2D eigenvalue weighted by Crippen LogP contribution is 2.35. The Balaban J connectivity index is 0.000000491. The fourth-order valence-corrected chi connectivity index (χ4v) is 2.05. The molecule has 21 heavy (non-hydrogen) atoms. The highest BCUT2D eigenvalue weighted by Gasteiger charge is 2.12. The fourth-order valence-electron chi connectivity index (χ4n) is 1.86. The van der Waals surface area contributed by atoms with Crippen molar-refractivity contribution in [3.8, 4) is 16.9 Å². The van der Waals surface area contributed by atoms with Gasteiger partial charge in [0.2, 0.25) is 0 Å². The smallest absolute Gasteiger partial charge is 0.132 e. The zero-order valence-corrected chi connectivity index (χ0v) is 13.6. The second kappa shape index (κ2) is 8.70. The third-order valence-corrected chi connectivity index (χ3v) is 3.24. The SMILES string of the molecule is CCCN.COc1cccc(C)c1-c1ccc(S)cc1F. The van der Waals surface area contributed by atoms with Crippen molar-refractivity contribution < 1.29 is 9.13 Å². The maximum atomic E-state index is 13.9. The molecule has 2 N–H and O–H groups in total. The number of benzene rings is 2. The lowest BCUT2D eigenvalue weighted by atomic mass is 9.99. The highest BCUT2D eigenvalue weighted by molar-refractivity contribution is 7.80. The topological polar surface area (TPSA) is 35.2 Å². The summed E-state index contributed by atoms with van der Waals surface area (Å²) in [5, 5.41) is 0. The van der Waals surface area contributed by atoms with Gasteiger partial charge in [0.25, 0.3) is 0 Å². The largest absolute Gasteiger partial charge is 0.496 e. The molecule has 0 radical (unpaired) electrons. The average molecular weight is 307 g/mol. The number of hydrogen-bond acceptors (Lipinski definition) is 3. The predicted molar refractivity (Wildman–Crippen MR) is 89.7 cm³/mol. The van der Waals surface area contributed by atoms with Gasteiger partial charge < -0.3 is 10.5 Å². The Kier molecular flexibility index (Phi) is 7.26. The van der Waals surface area contributed by atoms with Crippen molar-refractivity contribution in [1.82, 2.24) is 0 Å². The summed E-state index contributed by atoms with van der Waals surface area (Å²) in [7, 11) is 1.59. The van der Waals surface area contributed by atoms with Gasteiger partial charge in [0.05, 0.1) is 7.11 Å². The minimum absolute atomic E-state index is 0.287. The molecule has 0 saturated heterocycles. The second-order valence-electron chi connectivity index (χ2n) is 4.60. The van der Waals surface area contributed by atoms with Gasteiger partial charge in [0, 0.05) is 16.0 Å². The molecular formula is C17H22FNOS. The van der Waals surface area contributed by atoms with Crippen LogP contribution in [0.25, 0.3) is 11.1 Å². The Labute approximate surface area is 131 Å². The number of aryl methyl sites for hydroxylation is 1. The summed E-state index contributed by atoms with van der Waals surface area (Å²) >= 11 is 4.12. The second-order valence-corrected chi connectivity index (χ2v) is 5.12. The summed E-state index contributed by atoms with van der Waals surface area (Å²) in [6.07, 6.45) is 1.10. The first-order valence-corrected chi connectivity index (χ1v) is 7.32. The van der Waals surface area contributed by atoms with E-state index in [1.165, 1.54) is 6.07 Å². The summed E-state index contributed by atoms with van der Waals surface area (Å²) in [6, 6.07) is 10.6. The summed E-state index contributed by atoms with van der Waals surface area (Å²) in [5.41, 5.74) is 7.34. The molecule has 4 heteroatoms. The number of hydrogen-bond donors (Lipinski definition) is 2. The third kappa shape index (κ3) is 4.76. The number of thiol groups is 1. The number of halogens is 1. The van der Waals surface area contributed by atoms with Gasteiger partial charge in [-0.25, -0.2) is 4.39 Å². The molecule has 0 fully saturated rings. The maximum absolute atomic E-state index is 13.9. The normalized spacial score (nSPS) is 9.81. The zero-order chi connectivity index (χ0) is 15.8. The van der Waals surface area contributed by atoms with Gasteiger partial charge in [-0.1, -0.05) is 25.1 Å². The van der Waals surface area contributed by atoms with Gasteiger partial charge in [0.15, 0.2) is 0 Å². The van der Waals surface area contributed by atoms with E-state index < -0.39 is 0 Å². The van der Waals surface area contributed by atoms with Crippen LogP contribution in [-0.4, -0.2) is 13.7 Å². The fraction of sp³-hybridized carbons (Fsp3) is 0.294. The van der Waals surface area contributed by atoms with Crippen LogP contribution >= 0.6 is 12.6 Å². The van der Waals surface area contributed by atoms with Crippen molar-refractivity contribution >= 4 is 12.6 Å². The quantitative estimate of drug-likeness (QED) is 0.822. The number of methoxy groups -OCH3 is 1. The number of nitrogens with two attached hydrogens (primary N) is 1. The lowest BCUT2D eigenvalue weighted by molar-refractivity contribution is 0.416. The minimum atomic E-state index is -0.287. The first kappa shape index (κ1) is 17.5. The first-order chi connectivity index (χ1) is 10.0. The van der Waals surface area contributed by atoms with Crippen molar-refractivity contribution in [2.75, 3.05) is 13.7 Å². The van der Waals surface area contributed by atoms with E-state index in [9.17, 15) is 4.39 Å². The van der Waals surface area contributed by atoms with E-state index in [-0.39, 0.29) is 5.82 Å². The summed E-state index contributed by atoms with van der Waals surface area (Å²) in [6.45, 7) is 4.81. The molecule has 0 atom stereocenters. The number of rotatable bonds is 3. The minimum Gasteiger partial charge on any atom is -0.496 e. The molecule has 0 aliphatic heterocycles. The summed E-state index contributed by atoms with van der Waals surface area (Å²) < 4.78 is 19.2. The Morgan fingerprint density at radius 3 is 2.43 bits per heavy atom. The first-order valence-electron chi connectivity index (χ1n) is 6.87. The Bertz CT molecular complexity index is 585. The van der Waals surface area contributed by atoms with E-state index >= 15 is 0 Å². The molecule has 2 aromatic rings. The lowest BCUT2D eigenvalue weighted by Gasteiger charge is -2.12. The lowest BCUT2D eigenvalue weighted by Crippen LogP contribution is -1.93. The highest BCUT2D eigenvalue weighted by atomic mass is 32.1. The van der Waals surface area contributed by atoms with Crippen LogP contribution in [0.3, 0.4) is 0 Å². The van der Waals surface area contributed by atoms with Gasteiger partial charge in [-0.05, 0) is 43.7 Å². The Morgan fingerprint density at radius 2 is 1.90 bits per heavy atom. The molecule has 0 heterocycles. The van der Waals surface area contributed by atoms with Crippen LogP contribution in [0.1, 0.15) is 18.9 Å². The number of ether oxygens (including phenoxy) is 1. The zero-order valence-electron chi connectivity index (χ0n) is 12.7. The molecule has 0 aliphatic rings. The van der Waals surface area contributed by atoms with E-state index in [4.69, 9.17) is 10.5 Å². The molecule has 0 aliphatic carbocycles. The third-order valence-electron chi connectivity index (χ3n) is 2.97. The molecular weight excluding hydrogens is 285 g/mol. The monoisotopic (exact) mass is 307 g/mol. The molecule has 2 nitrogen and oxygen atoms in total. The van der Waals surface area contributed by atoms with Crippen LogP contribution in [0, 0.1) is 12.7 Å². The van der Waals surface area contributed by atoms with E-state index in [0.29, 0.717) is 16.2 Å². The summed E-state index contributed by atoms with van der Waals surface area (Å²) in [4.78, 5) is 0.610. The van der Waals surface area contributed by atoms with Crippen LogP contribution in [-0.2, 0) is 0 Å².